The highest BCUT2D eigenvalue weighted by Crippen LogP contribution is 2.66. The standard InChI is InChI=1S/C11H14O5/c1-14-9(12)7-3-2-4-6-5(3)10(13)16-11(6)15-8(4)7/h3-8,10-11,13H,2H2,1H3/t3-,4+,5-,6+,7-,8-,10-,11-/m0/s1. The molecule has 88 valence electrons. The van der Waals surface area contributed by atoms with Gasteiger partial charge >= 0.3 is 5.97 Å². The molecule has 5 heteroatoms. The number of aliphatic hydroxyl groups is 1. The first kappa shape index (κ1) is 9.39. The SMILES string of the molecule is COC(=O)[C@H]1[C@H]2C[C@H]3[C@@H]1O[C@H]1O[C@H](O)[C@@H]2[C@H]13. The lowest BCUT2D eigenvalue weighted by Gasteiger charge is -2.31. The minimum absolute atomic E-state index is 0.0452. The van der Waals surface area contributed by atoms with Gasteiger partial charge in [-0.3, -0.25) is 4.79 Å². The zero-order valence-corrected chi connectivity index (χ0v) is 8.91. The summed E-state index contributed by atoms with van der Waals surface area (Å²) >= 11 is 0. The van der Waals surface area contributed by atoms with Crippen LogP contribution in [0.1, 0.15) is 6.42 Å². The first-order chi connectivity index (χ1) is 7.72. The third-order valence-corrected chi connectivity index (χ3v) is 4.90. The van der Waals surface area contributed by atoms with Gasteiger partial charge in [-0.1, -0.05) is 0 Å². The second-order valence-corrected chi connectivity index (χ2v) is 5.26. The van der Waals surface area contributed by atoms with E-state index < -0.39 is 6.29 Å². The first-order valence-electron chi connectivity index (χ1n) is 5.79. The summed E-state index contributed by atoms with van der Waals surface area (Å²) in [5.41, 5.74) is 0. The van der Waals surface area contributed by atoms with Crippen LogP contribution in [0.4, 0.5) is 0 Å². The summed E-state index contributed by atoms with van der Waals surface area (Å²) in [5, 5.41) is 9.83. The molecule has 0 amide bonds. The molecule has 2 aliphatic heterocycles. The monoisotopic (exact) mass is 226 g/mol. The van der Waals surface area contributed by atoms with Crippen molar-refractivity contribution in [3.63, 3.8) is 0 Å². The van der Waals surface area contributed by atoms with E-state index in [2.05, 4.69) is 0 Å². The third kappa shape index (κ3) is 0.836. The van der Waals surface area contributed by atoms with Crippen LogP contribution in [0.15, 0.2) is 0 Å². The minimum atomic E-state index is -0.765. The van der Waals surface area contributed by atoms with Crippen LogP contribution in [0.2, 0.25) is 0 Å². The maximum atomic E-state index is 11.8. The predicted octanol–water partition coefficient (Wildman–Crippen LogP) is -0.269. The number of ether oxygens (including phenoxy) is 3. The van der Waals surface area contributed by atoms with Crippen molar-refractivity contribution in [3.05, 3.63) is 0 Å². The van der Waals surface area contributed by atoms with Crippen molar-refractivity contribution >= 4 is 5.97 Å². The van der Waals surface area contributed by atoms with Gasteiger partial charge in [0.25, 0.3) is 0 Å². The maximum Gasteiger partial charge on any atom is 0.311 e. The summed E-state index contributed by atoms with van der Waals surface area (Å²) in [5.74, 6) is 0.524. The Morgan fingerprint density at radius 3 is 2.88 bits per heavy atom. The molecule has 16 heavy (non-hydrogen) atoms. The number of rotatable bonds is 1. The Hall–Kier alpha value is -0.650. The number of carbonyl (C=O) groups excluding carboxylic acids is 1. The fourth-order valence-corrected chi connectivity index (χ4v) is 4.46. The van der Waals surface area contributed by atoms with Gasteiger partial charge < -0.3 is 19.3 Å². The summed E-state index contributed by atoms with van der Waals surface area (Å²) in [4.78, 5) is 11.8. The Labute approximate surface area is 92.7 Å². The van der Waals surface area contributed by atoms with Crippen molar-refractivity contribution in [3.8, 4) is 0 Å². The van der Waals surface area contributed by atoms with Crippen LogP contribution < -0.4 is 0 Å². The molecule has 0 aromatic heterocycles. The Bertz CT molecular complexity index is 356. The smallest absolute Gasteiger partial charge is 0.311 e. The van der Waals surface area contributed by atoms with Gasteiger partial charge in [-0.15, -0.1) is 0 Å². The molecule has 2 bridgehead atoms. The second kappa shape index (κ2) is 2.78. The Morgan fingerprint density at radius 2 is 2.12 bits per heavy atom. The fourth-order valence-electron chi connectivity index (χ4n) is 4.46. The van der Waals surface area contributed by atoms with E-state index in [1.807, 2.05) is 0 Å². The van der Waals surface area contributed by atoms with Gasteiger partial charge in [-0.2, -0.15) is 0 Å². The number of hydrogen-bond donors (Lipinski definition) is 1. The summed E-state index contributed by atoms with van der Waals surface area (Å²) in [6.45, 7) is 0. The lowest BCUT2D eigenvalue weighted by molar-refractivity contribution is -0.218. The highest BCUT2D eigenvalue weighted by molar-refractivity contribution is 5.74. The summed E-state index contributed by atoms with van der Waals surface area (Å²) in [6.07, 6.45) is -0.138. The van der Waals surface area contributed by atoms with Crippen LogP contribution >= 0.6 is 0 Å². The largest absolute Gasteiger partial charge is 0.469 e. The second-order valence-electron chi connectivity index (χ2n) is 5.26. The number of carbonyl (C=O) groups is 1. The van der Waals surface area contributed by atoms with Gasteiger partial charge in [-0.05, 0) is 18.3 Å². The quantitative estimate of drug-likeness (QED) is 0.623. The van der Waals surface area contributed by atoms with E-state index in [9.17, 15) is 9.90 Å². The average molecular weight is 226 g/mol. The molecule has 2 saturated carbocycles. The number of fused-ring (bicyclic) bond motifs is 2. The van der Waals surface area contributed by atoms with Crippen LogP contribution in [0, 0.1) is 29.6 Å². The van der Waals surface area contributed by atoms with Crippen LogP contribution in [0.25, 0.3) is 0 Å². The molecule has 8 atom stereocenters. The van der Waals surface area contributed by atoms with Crippen LogP contribution in [-0.2, 0) is 19.0 Å². The van der Waals surface area contributed by atoms with Crippen molar-refractivity contribution in [2.24, 2.45) is 29.6 Å². The lowest BCUT2D eigenvalue weighted by atomic mass is 9.75. The van der Waals surface area contributed by atoms with Crippen LogP contribution in [0.3, 0.4) is 0 Å². The fraction of sp³-hybridized carbons (Fsp3) is 0.909. The number of aliphatic hydroxyl groups excluding tert-OH is 1. The molecule has 5 nitrogen and oxygen atoms in total. The molecule has 4 fully saturated rings. The highest BCUT2D eigenvalue weighted by atomic mass is 16.7. The molecule has 2 aliphatic carbocycles. The van der Waals surface area contributed by atoms with Gasteiger partial charge in [0.1, 0.15) is 0 Å². The van der Waals surface area contributed by atoms with Gasteiger partial charge in [0.15, 0.2) is 12.6 Å². The number of methoxy groups -OCH3 is 1. The third-order valence-electron chi connectivity index (χ3n) is 4.90. The zero-order chi connectivity index (χ0) is 11.0. The Morgan fingerprint density at radius 1 is 1.31 bits per heavy atom. The molecular formula is C11H14O5. The molecule has 4 rings (SSSR count). The minimum Gasteiger partial charge on any atom is -0.469 e. The first-order valence-corrected chi connectivity index (χ1v) is 5.79. The van der Waals surface area contributed by atoms with Crippen molar-refractivity contribution in [1.29, 1.82) is 0 Å². The number of hydrogen-bond acceptors (Lipinski definition) is 5. The van der Waals surface area contributed by atoms with Gasteiger partial charge in [-0.25, -0.2) is 0 Å². The highest BCUT2D eigenvalue weighted by Gasteiger charge is 2.72. The molecule has 2 heterocycles. The van der Waals surface area contributed by atoms with E-state index in [1.165, 1.54) is 7.11 Å². The normalized spacial score (nSPS) is 60.6. The topological polar surface area (TPSA) is 65.0 Å². The molecule has 0 unspecified atom stereocenters. The van der Waals surface area contributed by atoms with Gasteiger partial charge in [0, 0.05) is 11.8 Å². The lowest BCUT2D eigenvalue weighted by Crippen LogP contribution is -2.41. The van der Waals surface area contributed by atoms with E-state index in [4.69, 9.17) is 14.2 Å². The Balaban J connectivity index is 1.74. The molecule has 1 N–H and O–H groups in total. The van der Waals surface area contributed by atoms with Gasteiger partial charge in [0.2, 0.25) is 0 Å². The molecule has 0 radical (unpaired) electrons. The van der Waals surface area contributed by atoms with Crippen molar-refractivity contribution in [2.45, 2.75) is 25.1 Å². The van der Waals surface area contributed by atoms with Crippen molar-refractivity contribution < 1.29 is 24.1 Å². The molecule has 0 aromatic carbocycles. The van der Waals surface area contributed by atoms with Crippen LogP contribution in [0.5, 0.6) is 0 Å². The van der Waals surface area contributed by atoms with E-state index in [0.717, 1.165) is 6.42 Å². The molecule has 4 aliphatic rings. The van der Waals surface area contributed by atoms with Crippen molar-refractivity contribution in [1.82, 2.24) is 0 Å². The molecule has 2 saturated heterocycles. The summed E-state index contributed by atoms with van der Waals surface area (Å²) in [7, 11) is 1.41. The molecule has 0 spiro atoms. The van der Waals surface area contributed by atoms with E-state index in [-0.39, 0.29) is 36.1 Å². The average Bonchev–Trinajstić information content (AvgIpc) is 2.90. The van der Waals surface area contributed by atoms with Gasteiger partial charge in [0.05, 0.1) is 19.1 Å². The maximum absolute atomic E-state index is 11.8. The molecule has 0 aromatic rings. The van der Waals surface area contributed by atoms with E-state index in [1.54, 1.807) is 0 Å². The summed E-state index contributed by atoms with van der Waals surface area (Å²) in [6, 6.07) is 0. The summed E-state index contributed by atoms with van der Waals surface area (Å²) < 4.78 is 16.0. The predicted molar refractivity (Wildman–Crippen MR) is 49.8 cm³/mol. The van der Waals surface area contributed by atoms with E-state index in [0.29, 0.717) is 11.8 Å². The Kier molecular flexibility index (Phi) is 1.63. The van der Waals surface area contributed by atoms with E-state index >= 15 is 0 Å². The zero-order valence-electron chi connectivity index (χ0n) is 8.91. The number of esters is 1. The molecular weight excluding hydrogens is 212 g/mol. The van der Waals surface area contributed by atoms with Crippen molar-refractivity contribution in [2.75, 3.05) is 7.11 Å². The van der Waals surface area contributed by atoms with Crippen LogP contribution in [-0.4, -0.2) is 36.9 Å².